The maximum absolute atomic E-state index is 12.7. The summed E-state index contributed by atoms with van der Waals surface area (Å²) in [4.78, 5) is 18.2. The molecule has 0 bridgehead atoms. The summed E-state index contributed by atoms with van der Waals surface area (Å²) in [5, 5.41) is 4.87. The zero-order valence-electron chi connectivity index (χ0n) is 16.5. The van der Waals surface area contributed by atoms with Crippen LogP contribution in [0.3, 0.4) is 0 Å². The third-order valence-electron chi connectivity index (χ3n) is 4.12. The molecule has 0 aliphatic rings. The van der Waals surface area contributed by atoms with E-state index >= 15 is 0 Å². The van der Waals surface area contributed by atoms with Crippen LogP contribution in [0.4, 0.5) is 5.69 Å². The molecule has 1 heterocycles. The second-order valence-corrected chi connectivity index (χ2v) is 10.9. The number of hydrogen-bond acceptors (Lipinski definition) is 6. The van der Waals surface area contributed by atoms with Crippen molar-refractivity contribution in [3.63, 3.8) is 0 Å². The molecule has 3 aromatic rings. The minimum Gasteiger partial charge on any atom is -0.322 e. The van der Waals surface area contributed by atoms with Crippen molar-refractivity contribution in [2.24, 2.45) is 0 Å². The van der Waals surface area contributed by atoms with E-state index in [0.717, 1.165) is 24.8 Å². The Morgan fingerprint density at radius 3 is 2.52 bits per heavy atom. The van der Waals surface area contributed by atoms with Crippen molar-refractivity contribution in [3.8, 4) is 0 Å². The smallest absolute Gasteiger partial charge is 0.255 e. The number of rotatable bonds is 6. The maximum Gasteiger partial charge on any atom is 0.255 e. The summed E-state index contributed by atoms with van der Waals surface area (Å²) in [7, 11) is -0.689. The van der Waals surface area contributed by atoms with Crippen LogP contribution in [0.15, 0.2) is 62.0 Å². The van der Waals surface area contributed by atoms with E-state index in [1.807, 2.05) is 37.4 Å². The molecule has 0 saturated heterocycles. The predicted molar refractivity (Wildman–Crippen MR) is 117 cm³/mol. The van der Waals surface area contributed by atoms with Crippen molar-refractivity contribution >= 4 is 44.7 Å². The second kappa shape index (κ2) is 8.66. The molecular weight excluding hydrogens is 426 g/mol. The molecule has 0 fully saturated rings. The lowest BCUT2D eigenvalue weighted by molar-refractivity contribution is 0.102. The first-order chi connectivity index (χ1) is 13.7. The first-order valence-corrected chi connectivity index (χ1v) is 11.8. The van der Waals surface area contributed by atoms with Gasteiger partial charge in [-0.15, -0.1) is 11.3 Å². The molecule has 1 aromatic heterocycles. The SMILES string of the molecule is Cc1csc(Sc2ccc(NC(=O)c3cccc(S(=O)(=O)N(C)C)c3)c(C)c2)n1. The Kier molecular flexibility index (Phi) is 6.42. The summed E-state index contributed by atoms with van der Waals surface area (Å²) in [6, 6.07) is 11.8. The minimum absolute atomic E-state index is 0.0809. The summed E-state index contributed by atoms with van der Waals surface area (Å²) < 4.78 is 26.7. The van der Waals surface area contributed by atoms with Crippen molar-refractivity contribution in [2.75, 3.05) is 19.4 Å². The molecule has 3 rings (SSSR count). The van der Waals surface area contributed by atoms with E-state index in [4.69, 9.17) is 0 Å². The monoisotopic (exact) mass is 447 g/mol. The zero-order valence-corrected chi connectivity index (χ0v) is 18.9. The number of amides is 1. The molecule has 6 nitrogen and oxygen atoms in total. The fourth-order valence-electron chi connectivity index (χ4n) is 2.52. The van der Waals surface area contributed by atoms with Gasteiger partial charge in [0.15, 0.2) is 4.34 Å². The van der Waals surface area contributed by atoms with Crippen LogP contribution in [-0.4, -0.2) is 37.7 Å². The zero-order chi connectivity index (χ0) is 21.2. The highest BCUT2D eigenvalue weighted by Crippen LogP contribution is 2.32. The number of anilines is 1. The van der Waals surface area contributed by atoms with Gasteiger partial charge >= 0.3 is 0 Å². The first kappa shape index (κ1) is 21.5. The van der Waals surface area contributed by atoms with Gasteiger partial charge in [-0.05, 0) is 55.8 Å². The summed E-state index contributed by atoms with van der Waals surface area (Å²) in [6.45, 7) is 3.88. The van der Waals surface area contributed by atoms with Crippen molar-refractivity contribution < 1.29 is 13.2 Å². The molecule has 0 atom stereocenters. The Hall–Kier alpha value is -2.20. The number of sulfonamides is 1. The number of benzene rings is 2. The fourth-order valence-corrected chi connectivity index (χ4v) is 5.38. The van der Waals surface area contributed by atoms with E-state index in [2.05, 4.69) is 10.3 Å². The predicted octanol–water partition coefficient (Wildman–Crippen LogP) is 4.41. The topological polar surface area (TPSA) is 79.4 Å². The molecule has 1 amide bonds. The molecular formula is C20H21N3O3S3. The molecule has 152 valence electrons. The lowest BCUT2D eigenvalue weighted by Gasteiger charge is -2.13. The lowest BCUT2D eigenvalue weighted by atomic mass is 10.1. The molecule has 0 aliphatic carbocycles. The first-order valence-electron chi connectivity index (χ1n) is 8.71. The van der Waals surface area contributed by atoms with Gasteiger partial charge in [-0.2, -0.15) is 0 Å². The average molecular weight is 448 g/mol. The Morgan fingerprint density at radius 2 is 1.90 bits per heavy atom. The van der Waals surface area contributed by atoms with Gasteiger partial charge in [0.1, 0.15) is 0 Å². The molecule has 0 aliphatic heterocycles. The Morgan fingerprint density at radius 1 is 1.14 bits per heavy atom. The van der Waals surface area contributed by atoms with Crippen molar-refractivity contribution in [1.82, 2.24) is 9.29 Å². The number of thiazole rings is 1. The van der Waals surface area contributed by atoms with Gasteiger partial charge in [-0.25, -0.2) is 17.7 Å². The van der Waals surface area contributed by atoms with E-state index < -0.39 is 10.0 Å². The molecule has 29 heavy (non-hydrogen) atoms. The highest BCUT2D eigenvalue weighted by atomic mass is 32.2. The van der Waals surface area contributed by atoms with Crippen molar-refractivity contribution in [2.45, 2.75) is 28.0 Å². The van der Waals surface area contributed by atoms with Gasteiger partial charge in [-0.1, -0.05) is 17.8 Å². The van der Waals surface area contributed by atoms with Gasteiger partial charge in [0.25, 0.3) is 5.91 Å². The Bertz CT molecular complexity index is 1150. The van der Waals surface area contributed by atoms with Crippen LogP contribution in [0, 0.1) is 13.8 Å². The van der Waals surface area contributed by atoms with Crippen LogP contribution >= 0.6 is 23.1 Å². The number of nitrogens with one attached hydrogen (secondary N) is 1. The number of hydrogen-bond donors (Lipinski definition) is 1. The Labute approximate surface area is 179 Å². The number of nitrogens with zero attached hydrogens (tertiary/aromatic N) is 2. The van der Waals surface area contributed by atoms with Crippen LogP contribution < -0.4 is 5.32 Å². The second-order valence-electron chi connectivity index (χ2n) is 6.60. The van der Waals surface area contributed by atoms with Crippen LogP contribution in [0.2, 0.25) is 0 Å². The highest BCUT2D eigenvalue weighted by Gasteiger charge is 2.19. The molecule has 0 saturated carbocycles. The van der Waals surface area contributed by atoms with Gasteiger partial charge in [0.05, 0.1) is 4.90 Å². The van der Waals surface area contributed by atoms with Gasteiger partial charge in [0.2, 0.25) is 10.0 Å². The summed E-state index contributed by atoms with van der Waals surface area (Å²) in [5.41, 5.74) is 2.87. The van der Waals surface area contributed by atoms with E-state index in [1.54, 1.807) is 35.2 Å². The van der Waals surface area contributed by atoms with Crippen LogP contribution in [0.25, 0.3) is 0 Å². The third-order valence-corrected chi connectivity index (χ3v) is 7.98. The maximum atomic E-state index is 12.7. The van der Waals surface area contributed by atoms with Crippen LogP contribution in [0.1, 0.15) is 21.6 Å². The fraction of sp³-hybridized carbons (Fsp3) is 0.200. The largest absolute Gasteiger partial charge is 0.322 e. The standard InChI is InChI=1S/C20H21N3O3S3/c1-13-10-16(28-20-21-14(2)12-27-20)8-9-18(13)22-19(24)15-6-5-7-17(11-15)29(25,26)23(3)4/h5-12H,1-4H3,(H,22,24). The van der Waals surface area contributed by atoms with E-state index in [-0.39, 0.29) is 16.4 Å². The number of carbonyl (C=O) groups excluding carboxylic acids is 1. The number of aryl methyl sites for hydroxylation is 2. The quantitative estimate of drug-likeness (QED) is 0.605. The average Bonchev–Trinajstić information content (AvgIpc) is 3.08. The highest BCUT2D eigenvalue weighted by molar-refractivity contribution is 8.01. The lowest BCUT2D eigenvalue weighted by Crippen LogP contribution is -2.22. The molecule has 0 radical (unpaired) electrons. The molecule has 2 aromatic carbocycles. The van der Waals surface area contributed by atoms with Gasteiger partial charge < -0.3 is 5.32 Å². The minimum atomic E-state index is -3.60. The van der Waals surface area contributed by atoms with Gasteiger partial charge in [0, 0.05) is 41.3 Å². The van der Waals surface area contributed by atoms with E-state index in [0.29, 0.717) is 5.69 Å². The Balaban J connectivity index is 1.77. The number of aromatic nitrogens is 1. The molecule has 1 N–H and O–H groups in total. The summed E-state index contributed by atoms with van der Waals surface area (Å²) in [5.74, 6) is -0.361. The van der Waals surface area contributed by atoms with Crippen LogP contribution in [-0.2, 0) is 10.0 Å². The number of carbonyl (C=O) groups is 1. The molecule has 0 spiro atoms. The molecule has 0 unspecified atom stereocenters. The summed E-state index contributed by atoms with van der Waals surface area (Å²) in [6.07, 6.45) is 0. The van der Waals surface area contributed by atoms with Crippen LogP contribution in [0.5, 0.6) is 0 Å². The van der Waals surface area contributed by atoms with E-state index in [1.165, 1.54) is 26.2 Å². The third kappa shape index (κ3) is 5.05. The normalized spacial score (nSPS) is 11.6. The van der Waals surface area contributed by atoms with E-state index in [9.17, 15) is 13.2 Å². The van der Waals surface area contributed by atoms with Crippen molar-refractivity contribution in [3.05, 3.63) is 64.7 Å². The summed E-state index contributed by atoms with van der Waals surface area (Å²) >= 11 is 3.17. The molecule has 9 heteroatoms. The van der Waals surface area contributed by atoms with Crippen molar-refractivity contribution in [1.29, 1.82) is 0 Å². The van der Waals surface area contributed by atoms with Gasteiger partial charge in [-0.3, -0.25) is 4.79 Å².